The number of halogens is 2. The van der Waals surface area contributed by atoms with E-state index in [4.69, 9.17) is 11.6 Å². The van der Waals surface area contributed by atoms with E-state index in [1.807, 2.05) is 0 Å². The van der Waals surface area contributed by atoms with E-state index < -0.39 is 5.82 Å². The molecule has 0 bridgehead atoms. The molecule has 1 aliphatic rings. The number of hydrogen-bond acceptors (Lipinski definition) is 1. The van der Waals surface area contributed by atoms with E-state index in [9.17, 15) is 9.18 Å². The van der Waals surface area contributed by atoms with Gasteiger partial charge in [0, 0.05) is 11.6 Å². The third kappa shape index (κ3) is 4.20. The maximum absolute atomic E-state index is 13.5. The van der Waals surface area contributed by atoms with Crippen molar-refractivity contribution in [3.63, 3.8) is 0 Å². The molecule has 0 heterocycles. The van der Waals surface area contributed by atoms with Gasteiger partial charge in [-0.05, 0) is 36.5 Å². The molecule has 0 aliphatic heterocycles. The van der Waals surface area contributed by atoms with Crippen LogP contribution in [0.1, 0.15) is 49.4 Å². The normalized spacial score (nSPS) is 22.6. The molecule has 1 saturated carbocycles. The maximum atomic E-state index is 13.5. The molecular formula is C16H21ClFNO. The Balaban J connectivity index is 1.79. The molecule has 1 N–H and O–H groups in total. The van der Waals surface area contributed by atoms with Gasteiger partial charge in [0.05, 0.1) is 5.56 Å². The largest absolute Gasteiger partial charge is 0.352 e. The molecule has 20 heavy (non-hydrogen) atoms. The number of hydrogen-bond donors (Lipinski definition) is 1. The van der Waals surface area contributed by atoms with Crippen LogP contribution in [0.4, 0.5) is 4.39 Å². The Morgan fingerprint density at radius 2 is 2.05 bits per heavy atom. The monoisotopic (exact) mass is 297 g/mol. The molecule has 4 heteroatoms. The predicted molar refractivity (Wildman–Crippen MR) is 79.5 cm³/mol. The van der Waals surface area contributed by atoms with Gasteiger partial charge in [0.1, 0.15) is 5.82 Å². The zero-order chi connectivity index (χ0) is 14.5. The lowest BCUT2D eigenvalue weighted by molar-refractivity contribution is 0.0945. The van der Waals surface area contributed by atoms with E-state index in [1.165, 1.54) is 43.9 Å². The lowest BCUT2D eigenvalue weighted by atomic mass is 9.81. The number of carbonyl (C=O) groups excluding carboxylic acids is 1. The molecule has 0 saturated heterocycles. The molecule has 1 aromatic carbocycles. The van der Waals surface area contributed by atoms with Crippen molar-refractivity contribution in [3.05, 3.63) is 34.6 Å². The lowest BCUT2D eigenvalue weighted by Gasteiger charge is -2.26. The van der Waals surface area contributed by atoms with E-state index in [-0.39, 0.29) is 11.5 Å². The topological polar surface area (TPSA) is 29.1 Å². The van der Waals surface area contributed by atoms with Crippen molar-refractivity contribution in [1.29, 1.82) is 0 Å². The van der Waals surface area contributed by atoms with Crippen molar-refractivity contribution in [3.8, 4) is 0 Å². The van der Waals surface area contributed by atoms with Gasteiger partial charge >= 0.3 is 0 Å². The van der Waals surface area contributed by atoms with Gasteiger partial charge in [0.25, 0.3) is 5.91 Å². The summed E-state index contributed by atoms with van der Waals surface area (Å²) in [4.78, 5) is 11.9. The third-order valence-electron chi connectivity index (χ3n) is 4.15. The van der Waals surface area contributed by atoms with Crippen molar-refractivity contribution in [2.45, 2.75) is 39.0 Å². The molecule has 0 spiro atoms. The highest BCUT2D eigenvalue weighted by atomic mass is 35.5. The lowest BCUT2D eigenvalue weighted by Crippen LogP contribution is -2.27. The van der Waals surface area contributed by atoms with Gasteiger partial charge in [0.15, 0.2) is 0 Å². The van der Waals surface area contributed by atoms with Gasteiger partial charge in [-0.1, -0.05) is 44.2 Å². The Kier molecular flexibility index (Phi) is 5.41. The van der Waals surface area contributed by atoms with Crippen molar-refractivity contribution >= 4 is 17.5 Å². The Bertz CT molecular complexity index is 470. The molecule has 1 aromatic rings. The predicted octanol–water partition coefficient (Wildman–Crippen LogP) is 4.43. The molecule has 110 valence electrons. The van der Waals surface area contributed by atoms with Gasteiger partial charge in [-0.25, -0.2) is 4.39 Å². The fraction of sp³-hybridized carbons (Fsp3) is 0.562. The van der Waals surface area contributed by atoms with Crippen LogP contribution in [0.5, 0.6) is 0 Å². The standard InChI is InChI=1S/C16H21ClFNO/c1-11-2-4-12(5-3-11)8-9-19-16(20)14-10-13(17)6-7-15(14)18/h6-7,10-12H,2-5,8-9H2,1H3,(H,19,20). The van der Waals surface area contributed by atoms with Gasteiger partial charge < -0.3 is 5.32 Å². The van der Waals surface area contributed by atoms with Crippen LogP contribution < -0.4 is 5.32 Å². The minimum absolute atomic E-state index is 0.0229. The number of amides is 1. The summed E-state index contributed by atoms with van der Waals surface area (Å²) in [6.07, 6.45) is 6.01. The van der Waals surface area contributed by atoms with Crippen molar-refractivity contribution in [2.24, 2.45) is 11.8 Å². The second-order valence-corrected chi connectivity index (χ2v) is 6.23. The van der Waals surface area contributed by atoms with E-state index in [2.05, 4.69) is 12.2 Å². The Morgan fingerprint density at radius 3 is 2.75 bits per heavy atom. The molecule has 2 rings (SSSR count). The first-order valence-electron chi connectivity index (χ1n) is 7.29. The highest BCUT2D eigenvalue weighted by Gasteiger charge is 2.18. The van der Waals surface area contributed by atoms with E-state index in [0.29, 0.717) is 17.5 Å². The van der Waals surface area contributed by atoms with Crippen LogP contribution in [0.15, 0.2) is 18.2 Å². The zero-order valence-corrected chi connectivity index (χ0v) is 12.5. The summed E-state index contributed by atoms with van der Waals surface area (Å²) in [5.41, 5.74) is 0.0229. The Labute approximate surface area is 124 Å². The highest BCUT2D eigenvalue weighted by molar-refractivity contribution is 6.30. The number of benzene rings is 1. The fourth-order valence-corrected chi connectivity index (χ4v) is 2.95. The quantitative estimate of drug-likeness (QED) is 0.875. The second-order valence-electron chi connectivity index (χ2n) is 5.79. The summed E-state index contributed by atoms with van der Waals surface area (Å²) in [6, 6.07) is 4.03. The zero-order valence-electron chi connectivity index (χ0n) is 11.8. The fourth-order valence-electron chi connectivity index (χ4n) is 2.77. The van der Waals surface area contributed by atoms with Crippen molar-refractivity contribution in [1.82, 2.24) is 5.32 Å². The Hall–Kier alpha value is -1.09. The summed E-state index contributed by atoms with van der Waals surface area (Å²) < 4.78 is 13.5. The average Bonchev–Trinajstić information content (AvgIpc) is 2.43. The van der Waals surface area contributed by atoms with Crippen LogP contribution in [-0.4, -0.2) is 12.5 Å². The average molecular weight is 298 g/mol. The molecule has 0 radical (unpaired) electrons. The minimum Gasteiger partial charge on any atom is -0.352 e. The minimum atomic E-state index is -0.529. The van der Waals surface area contributed by atoms with E-state index >= 15 is 0 Å². The molecule has 1 fully saturated rings. The van der Waals surface area contributed by atoms with E-state index in [0.717, 1.165) is 12.3 Å². The van der Waals surface area contributed by atoms with Crippen LogP contribution in [0, 0.1) is 17.7 Å². The molecule has 2 nitrogen and oxygen atoms in total. The summed E-state index contributed by atoms with van der Waals surface area (Å²) in [5, 5.41) is 3.16. The first kappa shape index (κ1) is 15.3. The van der Waals surface area contributed by atoms with Gasteiger partial charge in [-0.3, -0.25) is 4.79 Å². The first-order chi connectivity index (χ1) is 9.56. The smallest absolute Gasteiger partial charge is 0.254 e. The van der Waals surface area contributed by atoms with Crippen LogP contribution in [0.3, 0.4) is 0 Å². The van der Waals surface area contributed by atoms with Crippen molar-refractivity contribution in [2.75, 3.05) is 6.54 Å². The van der Waals surface area contributed by atoms with Crippen LogP contribution in [0.2, 0.25) is 5.02 Å². The first-order valence-corrected chi connectivity index (χ1v) is 7.67. The van der Waals surface area contributed by atoms with Gasteiger partial charge in [0.2, 0.25) is 0 Å². The molecule has 1 aliphatic carbocycles. The number of rotatable bonds is 4. The summed E-state index contributed by atoms with van der Waals surface area (Å²) >= 11 is 5.78. The third-order valence-corrected chi connectivity index (χ3v) is 4.38. The molecule has 0 atom stereocenters. The Morgan fingerprint density at radius 1 is 1.35 bits per heavy atom. The van der Waals surface area contributed by atoms with Gasteiger partial charge in [-0.2, -0.15) is 0 Å². The number of nitrogens with one attached hydrogen (secondary N) is 1. The molecule has 0 unspecified atom stereocenters. The van der Waals surface area contributed by atoms with Crippen LogP contribution in [0.25, 0.3) is 0 Å². The van der Waals surface area contributed by atoms with Crippen LogP contribution >= 0.6 is 11.6 Å². The maximum Gasteiger partial charge on any atom is 0.254 e. The van der Waals surface area contributed by atoms with E-state index in [1.54, 1.807) is 0 Å². The highest BCUT2D eigenvalue weighted by Crippen LogP contribution is 2.29. The molecular weight excluding hydrogens is 277 g/mol. The van der Waals surface area contributed by atoms with Crippen LogP contribution in [-0.2, 0) is 0 Å². The summed E-state index contributed by atoms with van der Waals surface area (Å²) in [6.45, 7) is 2.89. The summed E-state index contributed by atoms with van der Waals surface area (Å²) in [5.74, 6) is 0.615. The van der Waals surface area contributed by atoms with Crippen molar-refractivity contribution < 1.29 is 9.18 Å². The second kappa shape index (κ2) is 7.07. The SMILES string of the molecule is CC1CCC(CCNC(=O)c2cc(Cl)ccc2F)CC1. The number of carbonyl (C=O) groups is 1. The summed E-state index contributed by atoms with van der Waals surface area (Å²) in [7, 11) is 0. The molecule has 0 aromatic heterocycles. The molecule has 1 amide bonds. The van der Waals surface area contributed by atoms with Gasteiger partial charge in [-0.15, -0.1) is 0 Å².